The highest BCUT2D eigenvalue weighted by molar-refractivity contribution is 5.28. The van der Waals surface area contributed by atoms with E-state index in [-0.39, 0.29) is 6.04 Å². The zero-order valence-corrected chi connectivity index (χ0v) is 11.0. The predicted octanol–water partition coefficient (Wildman–Crippen LogP) is 3.65. The van der Waals surface area contributed by atoms with Crippen LogP contribution in [0.3, 0.4) is 0 Å². The van der Waals surface area contributed by atoms with Gasteiger partial charge in [0.2, 0.25) is 0 Å². The van der Waals surface area contributed by atoms with Crippen molar-refractivity contribution in [3.05, 3.63) is 65.0 Å². The van der Waals surface area contributed by atoms with Gasteiger partial charge in [-0.1, -0.05) is 24.3 Å². The predicted molar refractivity (Wildman–Crippen MR) is 71.1 cm³/mol. The highest BCUT2D eigenvalue weighted by atomic mass is 19.4. The van der Waals surface area contributed by atoms with E-state index in [0.29, 0.717) is 12.0 Å². The van der Waals surface area contributed by atoms with Crippen LogP contribution in [-0.4, -0.2) is 4.98 Å². The number of rotatable bonds is 3. The fourth-order valence-corrected chi connectivity index (χ4v) is 2.03. The molecule has 0 fully saturated rings. The first-order valence-corrected chi connectivity index (χ1v) is 6.19. The normalized spacial score (nSPS) is 13.2. The van der Waals surface area contributed by atoms with Crippen LogP contribution in [0.2, 0.25) is 0 Å². The van der Waals surface area contributed by atoms with Crippen LogP contribution < -0.4 is 5.73 Å². The molecule has 0 bridgehead atoms. The van der Waals surface area contributed by atoms with Crippen molar-refractivity contribution in [1.29, 1.82) is 0 Å². The number of halogens is 3. The molecule has 0 aliphatic heterocycles. The number of aryl methyl sites for hydroxylation is 1. The molecule has 2 rings (SSSR count). The third kappa shape index (κ3) is 3.57. The van der Waals surface area contributed by atoms with Crippen LogP contribution >= 0.6 is 0 Å². The molecule has 20 heavy (non-hydrogen) atoms. The van der Waals surface area contributed by atoms with Crippen molar-refractivity contribution in [2.24, 2.45) is 5.73 Å². The van der Waals surface area contributed by atoms with E-state index in [1.807, 2.05) is 13.0 Å². The SMILES string of the molecule is Cc1cncc(C(N)Cc2cccc(C(F)(F)F)c2)c1. The van der Waals surface area contributed by atoms with Crippen molar-refractivity contribution in [3.8, 4) is 0 Å². The lowest BCUT2D eigenvalue weighted by Crippen LogP contribution is -2.14. The molecule has 0 saturated carbocycles. The molecule has 1 unspecified atom stereocenters. The second-order valence-corrected chi connectivity index (χ2v) is 4.80. The summed E-state index contributed by atoms with van der Waals surface area (Å²) in [6, 6.07) is 6.78. The smallest absolute Gasteiger partial charge is 0.324 e. The lowest BCUT2D eigenvalue weighted by atomic mass is 9.99. The Labute approximate surface area is 115 Å². The van der Waals surface area contributed by atoms with E-state index in [0.717, 1.165) is 23.3 Å². The van der Waals surface area contributed by atoms with Gasteiger partial charge in [0.1, 0.15) is 0 Å². The topological polar surface area (TPSA) is 38.9 Å². The van der Waals surface area contributed by atoms with Gasteiger partial charge in [0.05, 0.1) is 5.56 Å². The minimum Gasteiger partial charge on any atom is -0.324 e. The molecule has 2 N–H and O–H groups in total. The molecule has 0 spiro atoms. The van der Waals surface area contributed by atoms with Crippen molar-refractivity contribution >= 4 is 0 Å². The van der Waals surface area contributed by atoms with Crippen molar-refractivity contribution in [3.63, 3.8) is 0 Å². The standard InChI is InChI=1S/C15H15F3N2/c1-10-5-12(9-20-8-10)14(19)7-11-3-2-4-13(6-11)15(16,17)18/h2-6,8-9,14H,7,19H2,1H3. The number of nitrogens with two attached hydrogens (primary N) is 1. The van der Waals surface area contributed by atoms with Crippen LogP contribution in [0.15, 0.2) is 42.7 Å². The fraction of sp³-hybridized carbons (Fsp3) is 0.267. The second kappa shape index (κ2) is 5.63. The van der Waals surface area contributed by atoms with Crippen LogP contribution in [0.4, 0.5) is 13.2 Å². The van der Waals surface area contributed by atoms with Gasteiger partial charge in [-0.15, -0.1) is 0 Å². The van der Waals surface area contributed by atoms with Crippen LogP contribution in [0, 0.1) is 6.92 Å². The number of alkyl halides is 3. The lowest BCUT2D eigenvalue weighted by molar-refractivity contribution is -0.137. The van der Waals surface area contributed by atoms with E-state index in [1.165, 1.54) is 6.07 Å². The Morgan fingerprint density at radius 2 is 1.95 bits per heavy atom. The Kier molecular flexibility index (Phi) is 4.09. The number of hydrogen-bond acceptors (Lipinski definition) is 2. The molecule has 0 saturated heterocycles. The minimum absolute atomic E-state index is 0.342. The first-order valence-electron chi connectivity index (χ1n) is 6.19. The van der Waals surface area contributed by atoms with Gasteiger partial charge in [0.15, 0.2) is 0 Å². The molecule has 0 aliphatic carbocycles. The third-order valence-electron chi connectivity index (χ3n) is 3.03. The zero-order chi connectivity index (χ0) is 14.8. The summed E-state index contributed by atoms with van der Waals surface area (Å²) in [5, 5.41) is 0. The van der Waals surface area contributed by atoms with Crippen LogP contribution in [0.5, 0.6) is 0 Å². The summed E-state index contributed by atoms with van der Waals surface area (Å²) in [6.45, 7) is 1.90. The summed E-state index contributed by atoms with van der Waals surface area (Å²) >= 11 is 0. The highest BCUT2D eigenvalue weighted by Crippen LogP contribution is 2.30. The van der Waals surface area contributed by atoms with Crippen LogP contribution in [0.25, 0.3) is 0 Å². The molecule has 0 radical (unpaired) electrons. The van der Waals surface area contributed by atoms with Gasteiger partial charge in [0.25, 0.3) is 0 Å². The van der Waals surface area contributed by atoms with Gasteiger partial charge in [-0.3, -0.25) is 4.98 Å². The average Bonchev–Trinajstić information content (AvgIpc) is 2.38. The molecule has 106 valence electrons. The zero-order valence-electron chi connectivity index (χ0n) is 11.0. The molecule has 1 aromatic heterocycles. The van der Waals surface area contributed by atoms with E-state index >= 15 is 0 Å². The Bertz CT molecular complexity index is 594. The molecule has 1 aromatic carbocycles. The van der Waals surface area contributed by atoms with Gasteiger partial charge < -0.3 is 5.73 Å². The second-order valence-electron chi connectivity index (χ2n) is 4.80. The summed E-state index contributed by atoms with van der Waals surface area (Å²) in [6.07, 6.45) is -0.633. The Balaban J connectivity index is 2.18. The fourth-order valence-electron chi connectivity index (χ4n) is 2.03. The molecule has 1 atom stereocenters. The highest BCUT2D eigenvalue weighted by Gasteiger charge is 2.30. The number of benzene rings is 1. The molecule has 0 aliphatic rings. The summed E-state index contributed by atoms with van der Waals surface area (Å²) in [7, 11) is 0. The van der Waals surface area contributed by atoms with Gasteiger partial charge in [-0.05, 0) is 36.1 Å². The largest absolute Gasteiger partial charge is 0.416 e. The van der Waals surface area contributed by atoms with Crippen molar-refractivity contribution in [2.75, 3.05) is 0 Å². The monoisotopic (exact) mass is 280 g/mol. The summed E-state index contributed by atoms with van der Waals surface area (Å²) in [5.74, 6) is 0. The molecule has 5 heteroatoms. The van der Waals surface area contributed by atoms with Gasteiger partial charge >= 0.3 is 6.18 Å². The maximum atomic E-state index is 12.6. The Hall–Kier alpha value is -1.88. The van der Waals surface area contributed by atoms with E-state index in [9.17, 15) is 13.2 Å². The number of pyridine rings is 1. The average molecular weight is 280 g/mol. The Morgan fingerprint density at radius 3 is 2.60 bits per heavy atom. The summed E-state index contributed by atoms with van der Waals surface area (Å²) in [4.78, 5) is 4.04. The van der Waals surface area contributed by atoms with Gasteiger partial charge in [-0.2, -0.15) is 13.2 Å². The molecular weight excluding hydrogens is 265 g/mol. The number of aromatic nitrogens is 1. The Morgan fingerprint density at radius 1 is 1.20 bits per heavy atom. The van der Waals surface area contributed by atoms with Crippen molar-refractivity contribution in [1.82, 2.24) is 4.98 Å². The van der Waals surface area contributed by atoms with Crippen molar-refractivity contribution in [2.45, 2.75) is 25.6 Å². The van der Waals surface area contributed by atoms with E-state index in [1.54, 1.807) is 18.5 Å². The van der Waals surface area contributed by atoms with Gasteiger partial charge in [-0.25, -0.2) is 0 Å². The lowest BCUT2D eigenvalue weighted by Gasteiger charge is -2.14. The van der Waals surface area contributed by atoms with Crippen LogP contribution in [-0.2, 0) is 12.6 Å². The number of hydrogen-bond donors (Lipinski definition) is 1. The molecule has 1 heterocycles. The van der Waals surface area contributed by atoms with Crippen LogP contribution in [0.1, 0.15) is 28.3 Å². The maximum Gasteiger partial charge on any atom is 0.416 e. The number of nitrogens with zero attached hydrogens (tertiary/aromatic N) is 1. The maximum absolute atomic E-state index is 12.6. The molecule has 2 nitrogen and oxygen atoms in total. The van der Waals surface area contributed by atoms with Crippen molar-refractivity contribution < 1.29 is 13.2 Å². The summed E-state index contributed by atoms with van der Waals surface area (Å²) < 4.78 is 37.9. The van der Waals surface area contributed by atoms with E-state index in [2.05, 4.69) is 4.98 Å². The minimum atomic E-state index is -4.33. The first kappa shape index (κ1) is 14.5. The molecule has 2 aromatic rings. The third-order valence-corrected chi connectivity index (χ3v) is 3.03. The molecular formula is C15H15F3N2. The van der Waals surface area contributed by atoms with Gasteiger partial charge in [0, 0.05) is 18.4 Å². The summed E-state index contributed by atoms with van der Waals surface area (Å²) in [5.41, 5.74) is 7.74. The molecule has 0 amide bonds. The quantitative estimate of drug-likeness (QED) is 0.932. The van der Waals surface area contributed by atoms with E-state index in [4.69, 9.17) is 5.73 Å². The first-order chi connectivity index (χ1) is 9.36. The van der Waals surface area contributed by atoms with E-state index < -0.39 is 11.7 Å².